The number of methoxy groups -OCH3 is 1. The maximum atomic E-state index is 13.8. The van der Waals surface area contributed by atoms with E-state index in [4.69, 9.17) is 14.3 Å². The van der Waals surface area contributed by atoms with Gasteiger partial charge in [-0.3, -0.25) is 14.4 Å². The molecule has 8 heteroatoms. The molecule has 1 aromatic rings. The number of hydrogen-bond donors (Lipinski definition) is 0. The molecule has 0 spiro atoms. The van der Waals surface area contributed by atoms with Crippen LogP contribution in [0.1, 0.15) is 77.7 Å². The van der Waals surface area contributed by atoms with Crippen molar-refractivity contribution in [3.8, 4) is 0 Å². The molecule has 2 heterocycles. The third-order valence-corrected chi connectivity index (χ3v) is 8.00. The van der Waals surface area contributed by atoms with Gasteiger partial charge in [0, 0.05) is 32.5 Å². The summed E-state index contributed by atoms with van der Waals surface area (Å²) in [4.78, 5) is 47.8. The Morgan fingerprint density at radius 1 is 1.11 bits per heavy atom. The number of likely N-dealkylation sites (tertiary alicyclic amines) is 1. The van der Waals surface area contributed by atoms with Crippen LogP contribution in [0.15, 0.2) is 30.3 Å². The minimum Gasteiger partial charge on any atom is -0.444 e. The number of amides is 2. The highest BCUT2D eigenvalue weighted by atomic mass is 16.7. The molecule has 0 aromatic heterocycles. The number of hydrogen-bond acceptors (Lipinski definition) is 6. The largest absolute Gasteiger partial charge is 0.444 e. The summed E-state index contributed by atoms with van der Waals surface area (Å²) >= 11 is 0. The van der Waals surface area contributed by atoms with Crippen LogP contribution in [0.25, 0.3) is 0 Å². The fourth-order valence-corrected chi connectivity index (χ4v) is 5.97. The first-order chi connectivity index (χ1) is 17.6. The van der Waals surface area contributed by atoms with Crippen LogP contribution in [-0.4, -0.2) is 72.3 Å². The van der Waals surface area contributed by atoms with Crippen molar-refractivity contribution in [1.82, 2.24) is 9.96 Å². The van der Waals surface area contributed by atoms with E-state index in [1.54, 1.807) is 12.0 Å². The molecule has 3 aliphatic rings. The first kappa shape index (κ1) is 27.6. The second-order valence-electron chi connectivity index (χ2n) is 11.8. The monoisotopic (exact) mass is 514 g/mol. The molecule has 204 valence electrons. The van der Waals surface area contributed by atoms with Crippen LogP contribution >= 0.6 is 0 Å². The Bertz CT molecular complexity index is 970. The van der Waals surface area contributed by atoms with E-state index in [-0.39, 0.29) is 36.2 Å². The Morgan fingerprint density at radius 2 is 1.84 bits per heavy atom. The lowest BCUT2D eigenvalue weighted by atomic mass is 9.84. The molecule has 0 N–H and O–H groups in total. The predicted molar refractivity (Wildman–Crippen MR) is 139 cm³/mol. The molecule has 2 amide bonds. The number of Topliss-reactive ketones (excluding diaryl/α,β-unsaturated/α-hetero) is 1. The SMILES string of the molecule is CO[C@H]([C@@H](C)C(=O)C[C@@]1(C(=O)N2CCCCO2)C[C@@H]1c1ccccc1)[C@@H]1CCCN1C(=O)OC(C)(C)C. The molecule has 0 unspecified atom stereocenters. The van der Waals surface area contributed by atoms with E-state index in [2.05, 4.69) is 0 Å². The van der Waals surface area contributed by atoms with Crippen molar-refractivity contribution in [2.24, 2.45) is 11.3 Å². The lowest BCUT2D eigenvalue weighted by Gasteiger charge is -2.35. The van der Waals surface area contributed by atoms with Crippen molar-refractivity contribution < 1.29 is 28.7 Å². The van der Waals surface area contributed by atoms with E-state index in [0.717, 1.165) is 31.2 Å². The fourth-order valence-electron chi connectivity index (χ4n) is 5.97. The van der Waals surface area contributed by atoms with Crippen molar-refractivity contribution in [2.75, 3.05) is 26.8 Å². The molecule has 5 atom stereocenters. The van der Waals surface area contributed by atoms with E-state index < -0.39 is 23.0 Å². The molecule has 2 saturated heterocycles. The van der Waals surface area contributed by atoms with Crippen LogP contribution in [-0.2, 0) is 23.9 Å². The number of rotatable bonds is 8. The Labute approximate surface area is 220 Å². The van der Waals surface area contributed by atoms with E-state index in [0.29, 0.717) is 26.1 Å². The van der Waals surface area contributed by atoms with Crippen LogP contribution in [0, 0.1) is 11.3 Å². The van der Waals surface area contributed by atoms with Gasteiger partial charge < -0.3 is 14.4 Å². The number of carbonyl (C=O) groups excluding carboxylic acids is 3. The van der Waals surface area contributed by atoms with Crippen molar-refractivity contribution in [3.63, 3.8) is 0 Å². The number of carbonyl (C=O) groups is 3. The highest BCUT2D eigenvalue weighted by molar-refractivity contribution is 5.94. The number of benzene rings is 1. The number of hydroxylamine groups is 2. The van der Waals surface area contributed by atoms with Gasteiger partial charge in [0.15, 0.2) is 0 Å². The third-order valence-electron chi connectivity index (χ3n) is 8.00. The van der Waals surface area contributed by atoms with Gasteiger partial charge >= 0.3 is 6.09 Å². The molecule has 0 bridgehead atoms. The zero-order valence-corrected chi connectivity index (χ0v) is 22.9. The van der Waals surface area contributed by atoms with Crippen molar-refractivity contribution >= 4 is 17.8 Å². The zero-order valence-electron chi connectivity index (χ0n) is 22.9. The molecule has 37 heavy (non-hydrogen) atoms. The zero-order chi connectivity index (χ0) is 26.8. The van der Waals surface area contributed by atoms with Crippen LogP contribution in [0.2, 0.25) is 0 Å². The van der Waals surface area contributed by atoms with E-state index >= 15 is 0 Å². The van der Waals surface area contributed by atoms with E-state index in [9.17, 15) is 14.4 Å². The van der Waals surface area contributed by atoms with Crippen LogP contribution in [0.5, 0.6) is 0 Å². The first-order valence-electron chi connectivity index (χ1n) is 13.6. The van der Waals surface area contributed by atoms with Crippen molar-refractivity contribution in [2.45, 2.75) is 89.9 Å². The maximum absolute atomic E-state index is 13.8. The molecule has 1 saturated carbocycles. The Hall–Kier alpha value is -2.45. The highest BCUT2D eigenvalue weighted by Crippen LogP contribution is 2.63. The van der Waals surface area contributed by atoms with Gasteiger partial charge in [-0.1, -0.05) is 37.3 Å². The number of ether oxygens (including phenoxy) is 2. The van der Waals surface area contributed by atoms with Gasteiger partial charge in [0.1, 0.15) is 11.4 Å². The molecule has 1 aromatic carbocycles. The molecular formula is C29H42N2O6. The quantitative estimate of drug-likeness (QED) is 0.499. The molecule has 3 fully saturated rings. The topological polar surface area (TPSA) is 85.4 Å². The summed E-state index contributed by atoms with van der Waals surface area (Å²) in [5.41, 5.74) is -0.331. The van der Waals surface area contributed by atoms with Gasteiger partial charge in [-0.05, 0) is 64.4 Å². The Morgan fingerprint density at radius 3 is 2.46 bits per heavy atom. The minimum atomic E-state index is -0.803. The summed E-state index contributed by atoms with van der Waals surface area (Å²) in [7, 11) is 1.59. The maximum Gasteiger partial charge on any atom is 0.410 e. The van der Waals surface area contributed by atoms with Crippen molar-refractivity contribution in [3.05, 3.63) is 35.9 Å². The molecule has 0 radical (unpaired) electrons. The van der Waals surface area contributed by atoms with Gasteiger partial charge in [0.25, 0.3) is 5.91 Å². The fraction of sp³-hybridized carbons (Fsp3) is 0.690. The summed E-state index contributed by atoms with van der Waals surface area (Å²) in [6.45, 7) is 9.05. The second kappa shape index (κ2) is 11.1. The lowest BCUT2D eigenvalue weighted by Crippen LogP contribution is -2.49. The van der Waals surface area contributed by atoms with Gasteiger partial charge in [-0.15, -0.1) is 0 Å². The normalized spacial score (nSPS) is 27.5. The molecule has 2 aliphatic heterocycles. The lowest BCUT2D eigenvalue weighted by molar-refractivity contribution is -0.203. The second-order valence-corrected chi connectivity index (χ2v) is 11.8. The van der Waals surface area contributed by atoms with Gasteiger partial charge in [0.2, 0.25) is 0 Å². The summed E-state index contributed by atoms with van der Waals surface area (Å²) < 4.78 is 11.5. The van der Waals surface area contributed by atoms with Crippen LogP contribution in [0.3, 0.4) is 0 Å². The predicted octanol–water partition coefficient (Wildman–Crippen LogP) is 4.72. The third kappa shape index (κ3) is 6.01. The van der Waals surface area contributed by atoms with Crippen LogP contribution in [0.4, 0.5) is 4.79 Å². The molecule has 8 nitrogen and oxygen atoms in total. The first-order valence-corrected chi connectivity index (χ1v) is 13.6. The standard InChI is InChI=1S/C29H42N2O6/c1-20(25(35-5)23-14-11-15-30(23)27(34)37-28(2,3)4)24(32)19-29(26(33)31-16-9-10-17-36-31)18-22(29)21-12-7-6-8-13-21/h6-8,12-13,20,22-23,25H,9-11,14-19H2,1-5H3/t20-,22+,23-,25+,29-/m0/s1. The smallest absolute Gasteiger partial charge is 0.410 e. The Balaban J connectivity index is 1.51. The summed E-state index contributed by atoms with van der Waals surface area (Å²) in [5, 5.41) is 1.49. The van der Waals surface area contributed by atoms with Crippen molar-refractivity contribution in [1.29, 1.82) is 0 Å². The minimum absolute atomic E-state index is 0.0198. The molecular weight excluding hydrogens is 472 g/mol. The Kier molecular flexibility index (Phi) is 8.29. The number of nitrogens with zero attached hydrogens (tertiary/aromatic N) is 2. The number of ketones is 1. The summed E-state index contributed by atoms with van der Waals surface area (Å²) in [6.07, 6.45) is 3.30. The average molecular weight is 515 g/mol. The summed E-state index contributed by atoms with van der Waals surface area (Å²) in [5.74, 6) is -0.617. The van der Waals surface area contributed by atoms with E-state index in [1.807, 2.05) is 58.0 Å². The van der Waals surface area contributed by atoms with Gasteiger partial charge in [0.05, 0.1) is 24.2 Å². The van der Waals surface area contributed by atoms with Gasteiger partial charge in [-0.2, -0.15) is 0 Å². The highest BCUT2D eigenvalue weighted by Gasteiger charge is 2.63. The molecule has 1 aliphatic carbocycles. The van der Waals surface area contributed by atoms with Crippen LogP contribution < -0.4 is 0 Å². The molecule has 4 rings (SSSR count). The summed E-state index contributed by atoms with van der Waals surface area (Å²) in [6, 6.07) is 9.70. The average Bonchev–Trinajstić information content (AvgIpc) is 3.39. The van der Waals surface area contributed by atoms with E-state index in [1.165, 1.54) is 5.06 Å². The van der Waals surface area contributed by atoms with Gasteiger partial charge in [-0.25, -0.2) is 9.86 Å².